The smallest absolute Gasteiger partial charge is 0.244 e. The Morgan fingerprint density at radius 2 is 2.05 bits per heavy atom. The van der Waals surface area contributed by atoms with Gasteiger partial charge in [0.2, 0.25) is 10.0 Å². The molecule has 0 spiro atoms. The molecule has 0 bridgehead atoms. The maximum Gasteiger partial charge on any atom is 0.244 e. The van der Waals surface area contributed by atoms with Crippen LogP contribution in [-0.4, -0.2) is 56.3 Å². The van der Waals surface area contributed by atoms with Gasteiger partial charge in [-0.25, -0.2) is 12.7 Å². The van der Waals surface area contributed by atoms with Gasteiger partial charge in [-0.15, -0.1) is 0 Å². The summed E-state index contributed by atoms with van der Waals surface area (Å²) in [5.41, 5.74) is 6.31. The van der Waals surface area contributed by atoms with Crippen molar-refractivity contribution in [3.05, 3.63) is 18.2 Å². The third-order valence-corrected chi connectivity index (χ3v) is 4.44. The Morgan fingerprint density at radius 3 is 2.58 bits per heavy atom. The number of nitrogen functional groups attached to an aromatic ring is 1. The normalized spacial score (nSPS) is 13.5. The molecular weight excluding hydrogens is 270 g/mol. The molecule has 108 valence electrons. The summed E-state index contributed by atoms with van der Waals surface area (Å²) >= 11 is 0. The molecule has 0 heterocycles. The fourth-order valence-corrected chi connectivity index (χ4v) is 2.44. The van der Waals surface area contributed by atoms with E-state index in [9.17, 15) is 13.5 Å². The summed E-state index contributed by atoms with van der Waals surface area (Å²) in [4.78, 5) is 0.000915. The molecule has 0 aliphatic carbocycles. The Bertz CT molecular complexity index is 531. The Labute approximate surface area is 112 Å². The van der Waals surface area contributed by atoms with Crippen molar-refractivity contribution in [3.8, 4) is 0 Å². The standard InChI is InChI=1S/C11H19N3O4S/c1-14(2)19(17,18)10-5-3-4-9(11(10)12)13-6-8(16)7-15/h3-5,8,13,15-16H,6-7,12H2,1-2H3. The number of nitrogens with one attached hydrogen (secondary N) is 1. The molecule has 1 aromatic carbocycles. The number of nitrogens with two attached hydrogens (primary N) is 1. The van der Waals surface area contributed by atoms with E-state index >= 15 is 0 Å². The lowest BCUT2D eigenvalue weighted by molar-refractivity contribution is 0.105. The number of hydrogen-bond acceptors (Lipinski definition) is 6. The number of nitrogens with zero attached hydrogens (tertiary/aromatic N) is 1. The van der Waals surface area contributed by atoms with E-state index in [0.717, 1.165) is 4.31 Å². The second-order valence-electron chi connectivity index (χ2n) is 4.22. The summed E-state index contributed by atoms with van der Waals surface area (Å²) in [5, 5.41) is 20.8. The minimum absolute atomic E-state index is 0.000915. The van der Waals surface area contributed by atoms with Crippen molar-refractivity contribution in [2.75, 3.05) is 38.3 Å². The van der Waals surface area contributed by atoms with Crippen molar-refractivity contribution in [1.82, 2.24) is 4.31 Å². The molecule has 8 heteroatoms. The van der Waals surface area contributed by atoms with Gasteiger partial charge in [0.05, 0.1) is 24.1 Å². The number of hydrogen-bond donors (Lipinski definition) is 4. The van der Waals surface area contributed by atoms with E-state index < -0.39 is 16.1 Å². The van der Waals surface area contributed by atoms with E-state index in [1.54, 1.807) is 12.1 Å². The first kappa shape index (κ1) is 15.7. The summed E-state index contributed by atoms with van der Waals surface area (Å²) < 4.78 is 25.1. The molecule has 0 saturated carbocycles. The predicted molar refractivity (Wildman–Crippen MR) is 73.3 cm³/mol. The highest BCUT2D eigenvalue weighted by atomic mass is 32.2. The minimum atomic E-state index is -3.62. The van der Waals surface area contributed by atoms with E-state index in [4.69, 9.17) is 10.8 Å². The third kappa shape index (κ3) is 3.57. The third-order valence-electron chi connectivity index (χ3n) is 2.56. The van der Waals surface area contributed by atoms with Gasteiger partial charge in [-0.3, -0.25) is 0 Å². The van der Waals surface area contributed by atoms with Gasteiger partial charge in [0.25, 0.3) is 0 Å². The summed E-state index contributed by atoms with van der Waals surface area (Å²) in [6, 6.07) is 4.58. The number of aliphatic hydroxyl groups is 2. The van der Waals surface area contributed by atoms with Crippen LogP contribution < -0.4 is 11.1 Å². The zero-order valence-corrected chi connectivity index (χ0v) is 11.7. The number of para-hydroxylation sites is 1. The number of aliphatic hydroxyl groups excluding tert-OH is 2. The van der Waals surface area contributed by atoms with Gasteiger partial charge in [0, 0.05) is 20.6 Å². The zero-order valence-electron chi connectivity index (χ0n) is 10.9. The average molecular weight is 289 g/mol. The van der Waals surface area contributed by atoms with Crippen molar-refractivity contribution < 1.29 is 18.6 Å². The molecule has 0 aliphatic rings. The predicted octanol–water partition coefficient (Wildman–Crippen LogP) is -0.716. The lowest BCUT2D eigenvalue weighted by Crippen LogP contribution is -2.25. The summed E-state index contributed by atoms with van der Waals surface area (Å²) in [6.45, 7) is -0.311. The quantitative estimate of drug-likeness (QED) is 0.514. The monoisotopic (exact) mass is 289 g/mol. The molecule has 0 saturated heterocycles. The van der Waals surface area contributed by atoms with E-state index in [-0.39, 0.29) is 23.7 Å². The van der Waals surface area contributed by atoms with E-state index in [1.807, 2.05) is 0 Å². The highest BCUT2D eigenvalue weighted by Crippen LogP contribution is 2.28. The molecule has 0 amide bonds. The molecule has 0 aliphatic heterocycles. The van der Waals surface area contributed by atoms with Crippen LogP contribution in [0.5, 0.6) is 0 Å². The SMILES string of the molecule is CN(C)S(=O)(=O)c1cccc(NCC(O)CO)c1N. The number of benzene rings is 1. The Morgan fingerprint density at radius 1 is 1.42 bits per heavy atom. The topological polar surface area (TPSA) is 116 Å². The lowest BCUT2D eigenvalue weighted by Gasteiger charge is -2.17. The number of rotatable bonds is 6. The molecule has 0 aromatic heterocycles. The van der Waals surface area contributed by atoms with Crippen LogP contribution in [0.2, 0.25) is 0 Å². The molecule has 1 unspecified atom stereocenters. The molecule has 1 aromatic rings. The molecule has 7 nitrogen and oxygen atoms in total. The van der Waals surface area contributed by atoms with Gasteiger partial charge in [0.15, 0.2) is 0 Å². The molecule has 0 radical (unpaired) electrons. The Hall–Kier alpha value is -1.35. The molecule has 0 fully saturated rings. The summed E-state index contributed by atoms with van der Waals surface area (Å²) in [5.74, 6) is 0. The summed E-state index contributed by atoms with van der Waals surface area (Å²) in [6.07, 6.45) is -0.937. The first-order valence-corrected chi connectivity index (χ1v) is 7.08. The van der Waals surface area contributed by atoms with Crippen LogP contribution in [0.25, 0.3) is 0 Å². The number of anilines is 2. The van der Waals surface area contributed by atoms with Crippen LogP contribution in [0.1, 0.15) is 0 Å². The fraction of sp³-hybridized carbons (Fsp3) is 0.455. The van der Waals surface area contributed by atoms with Gasteiger partial charge < -0.3 is 21.3 Å². The molecule has 5 N–H and O–H groups in total. The van der Waals surface area contributed by atoms with E-state index in [0.29, 0.717) is 5.69 Å². The van der Waals surface area contributed by atoms with Crippen LogP contribution in [0, 0.1) is 0 Å². The van der Waals surface area contributed by atoms with Gasteiger partial charge in [0.1, 0.15) is 4.90 Å². The number of sulfonamides is 1. The average Bonchev–Trinajstić information content (AvgIpc) is 2.36. The highest BCUT2D eigenvalue weighted by molar-refractivity contribution is 7.89. The van der Waals surface area contributed by atoms with Crippen molar-refractivity contribution in [3.63, 3.8) is 0 Å². The van der Waals surface area contributed by atoms with Gasteiger partial charge >= 0.3 is 0 Å². The van der Waals surface area contributed by atoms with E-state index in [1.165, 1.54) is 20.2 Å². The largest absolute Gasteiger partial charge is 0.396 e. The van der Waals surface area contributed by atoms with Crippen LogP contribution in [0.15, 0.2) is 23.1 Å². The second kappa shape index (κ2) is 6.20. The van der Waals surface area contributed by atoms with Crippen molar-refractivity contribution in [2.45, 2.75) is 11.0 Å². The van der Waals surface area contributed by atoms with Gasteiger partial charge in [-0.05, 0) is 12.1 Å². The maximum absolute atomic E-state index is 12.0. The van der Waals surface area contributed by atoms with Crippen molar-refractivity contribution in [1.29, 1.82) is 0 Å². The van der Waals surface area contributed by atoms with Gasteiger partial charge in [-0.1, -0.05) is 6.07 Å². The first-order chi connectivity index (χ1) is 8.80. The first-order valence-electron chi connectivity index (χ1n) is 5.64. The van der Waals surface area contributed by atoms with Crippen LogP contribution in [-0.2, 0) is 10.0 Å². The van der Waals surface area contributed by atoms with Crippen molar-refractivity contribution >= 4 is 21.4 Å². The van der Waals surface area contributed by atoms with Crippen LogP contribution in [0.3, 0.4) is 0 Å². The minimum Gasteiger partial charge on any atom is -0.396 e. The summed E-state index contributed by atoms with van der Waals surface area (Å²) in [7, 11) is -0.776. The van der Waals surface area contributed by atoms with Crippen LogP contribution >= 0.6 is 0 Å². The van der Waals surface area contributed by atoms with Crippen LogP contribution in [0.4, 0.5) is 11.4 Å². The lowest BCUT2D eigenvalue weighted by atomic mass is 10.2. The van der Waals surface area contributed by atoms with E-state index in [2.05, 4.69) is 5.32 Å². The molecule has 1 atom stereocenters. The van der Waals surface area contributed by atoms with Gasteiger partial charge in [-0.2, -0.15) is 0 Å². The molecule has 19 heavy (non-hydrogen) atoms. The Balaban J connectivity index is 3.06. The Kier molecular flexibility index (Phi) is 5.12. The molecular formula is C11H19N3O4S. The molecule has 1 rings (SSSR count). The second-order valence-corrected chi connectivity index (χ2v) is 6.34. The fourth-order valence-electron chi connectivity index (χ4n) is 1.41. The zero-order chi connectivity index (χ0) is 14.6. The maximum atomic E-state index is 12.0. The highest BCUT2D eigenvalue weighted by Gasteiger charge is 2.21. The van der Waals surface area contributed by atoms with Crippen molar-refractivity contribution in [2.24, 2.45) is 0 Å².